The van der Waals surface area contributed by atoms with Crippen molar-refractivity contribution in [1.82, 2.24) is 19.6 Å². The molecule has 0 unspecified atom stereocenters. The van der Waals surface area contributed by atoms with E-state index in [1.54, 1.807) is 18.5 Å². The molecule has 0 aromatic carbocycles. The standard InChI is InChI=1S/C11H5ClFIN4/c12-10-2-9(6-1-7(13)4-15-3-6)17-11-8(14)5-16-18(10)11/h1-5H. The first kappa shape index (κ1) is 11.8. The van der Waals surface area contributed by atoms with Crippen molar-refractivity contribution >= 4 is 39.8 Å². The fraction of sp³-hybridized carbons (Fsp3) is 0. The predicted octanol–water partition coefficient (Wildman–Crippen LogP) is 3.19. The topological polar surface area (TPSA) is 43.1 Å². The molecular formula is C11H5ClFIN4. The molecule has 3 aromatic rings. The number of fused-ring (bicyclic) bond motifs is 1. The maximum Gasteiger partial charge on any atom is 0.170 e. The third-order valence-corrected chi connectivity index (χ3v) is 3.42. The maximum atomic E-state index is 13.1. The van der Waals surface area contributed by atoms with Gasteiger partial charge in [-0.15, -0.1) is 0 Å². The Morgan fingerprint density at radius 3 is 2.83 bits per heavy atom. The van der Waals surface area contributed by atoms with Gasteiger partial charge in [-0.25, -0.2) is 13.9 Å². The first-order valence-corrected chi connectivity index (χ1v) is 6.41. The summed E-state index contributed by atoms with van der Waals surface area (Å²) in [5.41, 5.74) is 1.79. The molecule has 3 aromatic heterocycles. The Morgan fingerprint density at radius 1 is 1.22 bits per heavy atom. The normalized spacial score (nSPS) is 11.1. The van der Waals surface area contributed by atoms with Crippen molar-refractivity contribution in [3.63, 3.8) is 0 Å². The third-order valence-electron chi connectivity index (χ3n) is 2.39. The van der Waals surface area contributed by atoms with E-state index >= 15 is 0 Å². The van der Waals surface area contributed by atoms with E-state index < -0.39 is 5.82 Å². The van der Waals surface area contributed by atoms with Crippen LogP contribution in [0, 0.1) is 9.39 Å². The average Bonchev–Trinajstić information content (AvgIpc) is 2.72. The van der Waals surface area contributed by atoms with Gasteiger partial charge in [-0.05, 0) is 28.7 Å². The molecule has 0 spiro atoms. The molecule has 0 aliphatic rings. The van der Waals surface area contributed by atoms with Gasteiger partial charge in [0.05, 0.1) is 21.7 Å². The molecule has 0 N–H and O–H groups in total. The first-order valence-electron chi connectivity index (χ1n) is 4.96. The van der Waals surface area contributed by atoms with Crippen molar-refractivity contribution in [3.8, 4) is 11.3 Å². The van der Waals surface area contributed by atoms with E-state index in [0.29, 0.717) is 22.1 Å². The van der Waals surface area contributed by atoms with Gasteiger partial charge in [-0.1, -0.05) is 11.6 Å². The summed E-state index contributed by atoms with van der Waals surface area (Å²) in [4.78, 5) is 8.21. The Kier molecular flexibility index (Phi) is 2.90. The monoisotopic (exact) mass is 374 g/mol. The molecule has 3 rings (SSSR count). The Bertz CT molecular complexity index is 743. The minimum absolute atomic E-state index is 0.409. The van der Waals surface area contributed by atoms with Gasteiger partial charge < -0.3 is 0 Å². The molecule has 0 bridgehead atoms. The zero-order valence-electron chi connectivity index (χ0n) is 8.81. The lowest BCUT2D eigenvalue weighted by molar-refractivity contribution is 0.622. The molecule has 3 heterocycles. The quantitative estimate of drug-likeness (QED) is 0.485. The van der Waals surface area contributed by atoms with Crippen LogP contribution >= 0.6 is 34.2 Å². The summed E-state index contributed by atoms with van der Waals surface area (Å²) in [7, 11) is 0. The summed E-state index contributed by atoms with van der Waals surface area (Å²) in [6.45, 7) is 0. The highest BCUT2D eigenvalue weighted by Crippen LogP contribution is 2.24. The summed E-state index contributed by atoms with van der Waals surface area (Å²) >= 11 is 8.23. The van der Waals surface area contributed by atoms with Crippen LogP contribution in [0.4, 0.5) is 4.39 Å². The van der Waals surface area contributed by atoms with Crippen molar-refractivity contribution in [3.05, 3.63) is 45.3 Å². The minimum atomic E-state index is -0.409. The van der Waals surface area contributed by atoms with Crippen LogP contribution < -0.4 is 0 Å². The van der Waals surface area contributed by atoms with Crippen LogP contribution in [0.15, 0.2) is 30.7 Å². The van der Waals surface area contributed by atoms with Gasteiger partial charge in [0.15, 0.2) is 5.65 Å². The summed E-state index contributed by atoms with van der Waals surface area (Å²) in [5.74, 6) is -0.409. The number of hydrogen-bond donors (Lipinski definition) is 0. The van der Waals surface area contributed by atoms with Crippen molar-refractivity contribution in [2.24, 2.45) is 0 Å². The molecule has 0 saturated carbocycles. The molecule has 0 aliphatic heterocycles. The second kappa shape index (κ2) is 4.43. The molecule has 0 aliphatic carbocycles. The lowest BCUT2D eigenvalue weighted by Crippen LogP contribution is -1.95. The van der Waals surface area contributed by atoms with Crippen molar-refractivity contribution < 1.29 is 4.39 Å². The van der Waals surface area contributed by atoms with Crippen LogP contribution in [0.3, 0.4) is 0 Å². The minimum Gasteiger partial charge on any atom is -0.261 e. The predicted molar refractivity (Wildman–Crippen MR) is 73.9 cm³/mol. The van der Waals surface area contributed by atoms with Crippen molar-refractivity contribution in [2.75, 3.05) is 0 Å². The number of halogens is 3. The number of rotatable bonds is 1. The molecule has 0 amide bonds. The third kappa shape index (κ3) is 1.95. The Balaban J connectivity index is 2.27. The second-order valence-electron chi connectivity index (χ2n) is 3.58. The molecule has 0 fully saturated rings. The summed E-state index contributed by atoms with van der Waals surface area (Å²) in [5, 5.41) is 4.51. The maximum absolute atomic E-state index is 13.1. The van der Waals surface area contributed by atoms with Gasteiger partial charge in [-0.3, -0.25) is 4.98 Å². The van der Waals surface area contributed by atoms with E-state index in [9.17, 15) is 4.39 Å². The van der Waals surface area contributed by atoms with Crippen LogP contribution in [-0.4, -0.2) is 19.6 Å². The Labute approximate surface area is 120 Å². The van der Waals surface area contributed by atoms with Crippen LogP contribution in [-0.2, 0) is 0 Å². The zero-order chi connectivity index (χ0) is 12.7. The second-order valence-corrected chi connectivity index (χ2v) is 5.13. The summed E-state index contributed by atoms with van der Waals surface area (Å²) in [6, 6.07) is 3.00. The molecule has 0 radical (unpaired) electrons. The molecular weight excluding hydrogens is 370 g/mol. The first-order chi connectivity index (χ1) is 8.65. The van der Waals surface area contributed by atoms with Gasteiger partial charge in [0.25, 0.3) is 0 Å². The van der Waals surface area contributed by atoms with Crippen molar-refractivity contribution in [1.29, 1.82) is 0 Å². The molecule has 7 heteroatoms. The average molecular weight is 375 g/mol. The lowest BCUT2D eigenvalue weighted by Gasteiger charge is -2.03. The molecule has 0 saturated heterocycles. The van der Waals surface area contributed by atoms with E-state index in [4.69, 9.17) is 11.6 Å². The van der Waals surface area contributed by atoms with E-state index in [2.05, 4.69) is 37.7 Å². The highest BCUT2D eigenvalue weighted by atomic mass is 127. The number of hydrogen-bond acceptors (Lipinski definition) is 3. The molecule has 0 atom stereocenters. The number of nitrogens with zero attached hydrogens (tertiary/aromatic N) is 4. The largest absolute Gasteiger partial charge is 0.261 e. The van der Waals surface area contributed by atoms with Gasteiger partial charge in [-0.2, -0.15) is 5.10 Å². The van der Waals surface area contributed by atoms with E-state index in [1.165, 1.54) is 10.6 Å². The van der Waals surface area contributed by atoms with Gasteiger partial charge in [0, 0.05) is 17.8 Å². The fourth-order valence-electron chi connectivity index (χ4n) is 1.60. The Morgan fingerprint density at radius 2 is 2.06 bits per heavy atom. The van der Waals surface area contributed by atoms with Gasteiger partial charge in [0.1, 0.15) is 11.0 Å². The van der Waals surface area contributed by atoms with Gasteiger partial charge >= 0.3 is 0 Å². The smallest absolute Gasteiger partial charge is 0.170 e. The highest BCUT2D eigenvalue weighted by Gasteiger charge is 2.10. The summed E-state index contributed by atoms with van der Waals surface area (Å²) in [6.07, 6.45) is 4.36. The zero-order valence-corrected chi connectivity index (χ0v) is 11.7. The van der Waals surface area contributed by atoms with Gasteiger partial charge in [0.2, 0.25) is 0 Å². The van der Waals surface area contributed by atoms with E-state index in [-0.39, 0.29) is 0 Å². The van der Waals surface area contributed by atoms with Crippen LogP contribution in [0.1, 0.15) is 0 Å². The van der Waals surface area contributed by atoms with Crippen molar-refractivity contribution in [2.45, 2.75) is 0 Å². The highest BCUT2D eigenvalue weighted by molar-refractivity contribution is 14.1. The fourth-order valence-corrected chi connectivity index (χ4v) is 2.30. The molecule has 90 valence electrons. The van der Waals surface area contributed by atoms with E-state index in [1.807, 2.05) is 0 Å². The Hall–Kier alpha value is -1.28. The summed E-state index contributed by atoms with van der Waals surface area (Å²) < 4.78 is 15.5. The number of aromatic nitrogens is 4. The van der Waals surface area contributed by atoms with Crippen LogP contribution in [0.2, 0.25) is 5.15 Å². The molecule has 4 nitrogen and oxygen atoms in total. The molecule has 18 heavy (non-hydrogen) atoms. The lowest BCUT2D eigenvalue weighted by atomic mass is 10.2. The van der Waals surface area contributed by atoms with E-state index in [0.717, 1.165) is 9.77 Å². The van der Waals surface area contributed by atoms with Crippen LogP contribution in [0.5, 0.6) is 0 Å². The SMILES string of the molecule is Fc1cncc(-c2cc(Cl)n3ncc(I)c3n2)c1. The number of pyridine rings is 1. The van der Waals surface area contributed by atoms with Crippen LogP contribution in [0.25, 0.3) is 16.9 Å².